The molecule has 1 amide bonds. The zero-order valence-corrected chi connectivity index (χ0v) is 15.2. The van der Waals surface area contributed by atoms with E-state index >= 15 is 0 Å². The highest BCUT2D eigenvalue weighted by atomic mass is 32.2. The lowest BCUT2D eigenvalue weighted by molar-refractivity contribution is -0.117. The van der Waals surface area contributed by atoms with Crippen LogP contribution in [0.3, 0.4) is 0 Å². The molecule has 5 heteroatoms. The Hall–Kier alpha value is -1.98. The van der Waals surface area contributed by atoms with Crippen LogP contribution in [0, 0.1) is 13.8 Å². The molecule has 1 atom stereocenters. The van der Waals surface area contributed by atoms with Crippen molar-refractivity contribution in [3.05, 3.63) is 53.6 Å². The highest BCUT2D eigenvalue weighted by Crippen LogP contribution is 2.25. The van der Waals surface area contributed by atoms with Crippen LogP contribution in [-0.2, 0) is 4.79 Å². The summed E-state index contributed by atoms with van der Waals surface area (Å²) in [5.74, 6) is 2.25. The molecule has 2 rings (SSSR count). The van der Waals surface area contributed by atoms with E-state index in [-0.39, 0.29) is 5.91 Å². The number of anilines is 1. The zero-order chi connectivity index (χ0) is 17.5. The fraction of sp³-hybridized carbons (Fsp3) is 0.316. The number of carbonyl (C=O) groups is 1. The highest BCUT2D eigenvalue weighted by molar-refractivity contribution is 7.98. The molecular weight excluding hydrogens is 320 g/mol. The molecule has 2 aromatic rings. The Morgan fingerprint density at radius 2 is 1.75 bits per heavy atom. The van der Waals surface area contributed by atoms with Crippen LogP contribution in [0.5, 0.6) is 11.5 Å². The average molecular weight is 344 g/mol. The normalized spacial score (nSPS) is 11.8. The first kappa shape index (κ1) is 18.4. The van der Waals surface area contributed by atoms with Crippen LogP contribution in [0.15, 0.2) is 42.5 Å². The van der Waals surface area contributed by atoms with Gasteiger partial charge in [-0.15, -0.1) is 0 Å². The number of hydrogen-bond donors (Lipinski definition) is 2. The molecule has 0 radical (unpaired) electrons. The van der Waals surface area contributed by atoms with E-state index in [1.54, 1.807) is 11.8 Å². The summed E-state index contributed by atoms with van der Waals surface area (Å²) in [6.45, 7) is 4.08. The Morgan fingerprint density at radius 3 is 2.33 bits per heavy atom. The molecule has 24 heavy (non-hydrogen) atoms. The van der Waals surface area contributed by atoms with Crippen molar-refractivity contribution in [2.24, 2.45) is 5.73 Å². The first-order chi connectivity index (χ1) is 11.5. The molecule has 128 valence electrons. The van der Waals surface area contributed by atoms with Crippen LogP contribution in [0.1, 0.15) is 17.5 Å². The number of rotatable bonds is 7. The zero-order valence-electron chi connectivity index (χ0n) is 14.3. The summed E-state index contributed by atoms with van der Waals surface area (Å²) >= 11 is 1.68. The summed E-state index contributed by atoms with van der Waals surface area (Å²) < 4.78 is 5.86. The summed E-state index contributed by atoms with van der Waals surface area (Å²) in [4.78, 5) is 12.0. The predicted octanol–water partition coefficient (Wildman–Crippen LogP) is 4.11. The number of carbonyl (C=O) groups excluding carboxylic acids is 1. The maximum atomic E-state index is 12.0. The minimum absolute atomic E-state index is 0.160. The number of nitrogens with two attached hydrogens (primary N) is 1. The van der Waals surface area contributed by atoms with E-state index in [1.807, 2.05) is 56.5 Å². The number of ether oxygens (including phenoxy) is 1. The fourth-order valence-electron chi connectivity index (χ4n) is 2.35. The number of amides is 1. The van der Waals surface area contributed by atoms with Gasteiger partial charge >= 0.3 is 0 Å². The summed E-state index contributed by atoms with van der Waals surface area (Å²) in [5.41, 5.74) is 8.90. The summed E-state index contributed by atoms with van der Waals surface area (Å²) in [6, 6.07) is 12.9. The van der Waals surface area contributed by atoms with Crippen molar-refractivity contribution in [1.29, 1.82) is 0 Å². The molecule has 0 heterocycles. The third kappa shape index (κ3) is 5.58. The molecule has 0 saturated carbocycles. The van der Waals surface area contributed by atoms with E-state index in [4.69, 9.17) is 10.5 Å². The fourth-order valence-corrected chi connectivity index (χ4v) is 2.83. The minimum Gasteiger partial charge on any atom is -0.457 e. The molecule has 0 aliphatic carbocycles. The minimum atomic E-state index is -0.483. The van der Waals surface area contributed by atoms with E-state index in [1.165, 1.54) is 0 Å². The van der Waals surface area contributed by atoms with Gasteiger partial charge in [0.05, 0.1) is 6.04 Å². The van der Waals surface area contributed by atoms with Crippen LogP contribution in [0.2, 0.25) is 0 Å². The van der Waals surface area contributed by atoms with Crippen molar-refractivity contribution in [2.75, 3.05) is 17.3 Å². The second-order valence-electron chi connectivity index (χ2n) is 5.83. The van der Waals surface area contributed by atoms with Gasteiger partial charge in [-0.05, 0) is 79.8 Å². The van der Waals surface area contributed by atoms with Crippen LogP contribution < -0.4 is 15.8 Å². The van der Waals surface area contributed by atoms with Crippen molar-refractivity contribution >= 4 is 23.4 Å². The monoisotopic (exact) mass is 344 g/mol. The molecule has 4 nitrogen and oxygen atoms in total. The van der Waals surface area contributed by atoms with Crippen molar-refractivity contribution in [3.63, 3.8) is 0 Å². The van der Waals surface area contributed by atoms with Crippen LogP contribution in [-0.4, -0.2) is 24.0 Å². The third-order valence-electron chi connectivity index (χ3n) is 3.52. The standard InChI is InChI=1S/C19H24N2O2S/c1-13-10-14(2)12-17(11-13)23-16-6-4-15(5-7-16)21-19(22)18(20)8-9-24-3/h4-7,10-12,18H,8-9,20H2,1-3H3,(H,21,22)/t18-/m0/s1. The van der Waals surface area contributed by atoms with Gasteiger partial charge in [0.1, 0.15) is 11.5 Å². The van der Waals surface area contributed by atoms with Crippen LogP contribution in [0.25, 0.3) is 0 Å². The second kappa shape index (κ2) is 8.76. The quantitative estimate of drug-likeness (QED) is 0.793. The van der Waals surface area contributed by atoms with Crippen molar-refractivity contribution in [1.82, 2.24) is 0 Å². The van der Waals surface area contributed by atoms with Gasteiger partial charge in [-0.25, -0.2) is 0 Å². The van der Waals surface area contributed by atoms with E-state index in [0.29, 0.717) is 12.1 Å². The molecule has 3 N–H and O–H groups in total. The average Bonchev–Trinajstić information content (AvgIpc) is 2.53. The third-order valence-corrected chi connectivity index (χ3v) is 4.17. The van der Waals surface area contributed by atoms with E-state index in [0.717, 1.165) is 28.4 Å². The molecule has 0 aliphatic heterocycles. The predicted molar refractivity (Wildman–Crippen MR) is 102 cm³/mol. The second-order valence-corrected chi connectivity index (χ2v) is 6.81. The Labute approximate surface area is 147 Å². The largest absolute Gasteiger partial charge is 0.457 e. The van der Waals surface area contributed by atoms with Gasteiger partial charge in [0.15, 0.2) is 0 Å². The molecule has 0 fully saturated rings. The van der Waals surface area contributed by atoms with Crippen molar-refractivity contribution in [3.8, 4) is 11.5 Å². The maximum Gasteiger partial charge on any atom is 0.241 e. The van der Waals surface area contributed by atoms with Gasteiger partial charge in [0.2, 0.25) is 5.91 Å². The molecule has 0 unspecified atom stereocenters. The molecule has 0 saturated heterocycles. The number of hydrogen-bond acceptors (Lipinski definition) is 4. The molecule has 0 bridgehead atoms. The SMILES string of the molecule is CSCC[C@H](N)C(=O)Nc1ccc(Oc2cc(C)cc(C)c2)cc1. The first-order valence-electron chi connectivity index (χ1n) is 7.89. The number of aryl methyl sites for hydroxylation is 2. The lowest BCUT2D eigenvalue weighted by atomic mass is 10.1. The molecule has 0 aliphatic rings. The lowest BCUT2D eigenvalue weighted by Gasteiger charge is -2.12. The Morgan fingerprint density at radius 1 is 1.12 bits per heavy atom. The Bertz CT molecular complexity index is 666. The van der Waals surface area contributed by atoms with E-state index in [9.17, 15) is 4.79 Å². The number of thioether (sulfide) groups is 1. The summed E-state index contributed by atoms with van der Waals surface area (Å²) in [7, 11) is 0. The highest BCUT2D eigenvalue weighted by Gasteiger charge is 2.12. The molecule has 2 aromatic carbocycles. The van der Waals surface area contributed by atoms with Crippen molar-refractivity contribution in [2.45, 2.75) is 26.3 Å². The Balaban J connectivity index is 1.96. The van der Waals surface area contributed by atoms with Gasteiger partial charge in [0.25, 0.3) is 0 Å². The lowest BCUT2D eigenvalue weighted by Crippen LogP contribution is -2.36. The Kier molecular flexibility index (Phi) is 6.70. The molecule has 0 aromatic heterocycles. The van der Waals surface area contributed by atoms with Gasteiger partial charge in [-0.3, -0.25) is 4.79 Å². The number of nitrogens with one attached hydrogen (secondary N) is 1. The van der Waals surface area contributed by atoms with E-state index in [2.05, 4.69) is 11.4 Å². The van der Waals surface area contributed by atoms with Crippen LogP contribution in [0.4, 0.5) is 5.69 Å². The molecular formula is C19H24N2O2S. The first-order valence-corrected chi connectivity index (χ1v) is 9.29. The molecule has 0 spiro atoms. The van der Waals surface area contributed by atoms with Gasteiger partial charge < -0.3 is 15.8 Å². The van der Waals surface area contributed by atoms with E-state index < -0.39 is 6.04 Å². The summed E-state index contributed by atoms with van der Waals surface area (Å²) in [6.07, 6.45) is 2.67. The van der Waals surface area contributed by atoms with Crippen LogP contribution >= 0.6 is 11.8 Å². The smallest absolute Gasteiger partial charge is 0.241 e. The van der Waals surface area contributed by atoms with Gasteiger partial charge in [-0.1, -0.05) is 6.07 Å². The van der Waals surface area contributed by atoms with Gasteiger partial charge in [0, 0.05) is 5.69 Å². The number of benzene rings is 2. The maximum absolute atomic E-state index is 12.0. The topological polar surface area (TPSA) is 64.4 Å². The van der Waals surface area contributed by atoms with Gasteiger partial charge in [-0.2, -0.15) is 11.8 Å². The van der Waals surface area contributed by atoms with Crippen molar-refractivity contribution < 1.29 is 9.53 Å². The summed E-state index contributed by atoms with van der Waals surface area (Å²) in [5, 5.41) is 2.83.